The summed E-state index contributed by atoms with van der Waals surface area (Å²) in [5.74, 6) is 1.45. The normalized spacial score (nSPS) is 14.5. The molecule has 0 aliphatic carbocycles. The number of benzene rings is 1. The second-order valence-corrected chi connectivity index (χ2v) is 5.54. The van der Waals surface area contributed by atoms with Crippen LogP contribution in [0.15, 0.2) is 42.6 Å². The van der Waals surface area contributed by atoms with E-state index in [4.69, 9.17) is 4.74 Å². The average molecular weight is 329 g/mol. The Morgan fingerprint density at radius 3 is 2.54 bits per heavy atom. The zero-order valence-corrected chi connectivity index (χ0v) is 13.6. The quantitative estimate of drug-likeness (QED) is 0.621. The number of H-pyrrole nitrogens is 1. The fourth-order valence-electron chi connectivity index (χ4n) is 2.99. The standard InChI is InChI=1S/C17H20N4O3/c1-2-24-16-8-4-3-6-14(16)19-10-12-20(13-11-19)17-15(21(22)23)7-5-9-18-17/h3-9H,2,10-13H2,1H3/p+1. The molecule has 7 nitrogen and oxygen atoms in total. The summed E-state index contributed by atoms with van der Waals surface area (Å²) in [6.45, 7) is 5.58. The molecule has 0 radical (unpaired) electrons. The van der Waals surface area contributed by atoms with Gasteiger partial charge in [0.15, 0.2) is 0 Å². The minimum absolute atomic E-state index is 0.112. The fourth-order valence-corrected chi connectivity index (χ4v) is 2.99. The van der Waals surface area contributed by atoms with Gasteiger partial charge in [0.25, 0.3) is 0 Å². The molecule has 2 heterocycles. The van der Waals surface area contributed by atoms with Crippen molar-refractivity contribution in [2.75, 3.05) is 42.6 Å². The number of nitro groups is 1. The maximum absolute atomic E-state index is 11.2. The maximum Gasteiger partial charge on any atom is 0.357 e. The lowest BCUT2D eigenvalue weighted by Crippen LogP contribution is -2.48. The second kappa shape index (κ2) is 7.16. The van der Waals surface area contributed by atoms with Crippen molar-refractivity contribution in [2.24, 2.45) is 0 Å². The van der Waals surface area contributed by atoms with E-state index in [1.165, 1.54) is 6.07 Å². The highest BCUT2D eigenvalue weighted by atomic mass is 16.6. The van der Waals surface area contributed by atoms with Crippen molar-refractivity contribution in [1.29, 1.82) is 0 Å². The van der Waals surface area contributed by atoms with Gasteiger partial charge in [0.2, 0.25) is 0 Å². The van der Waals surface area contributed by atoms with Crippen LogP contribution in [0.5, 0.6) is 5.75 Å². The largest absolute Gasteiger partial charge is 0.492 e. The summed E-state index contributed by atoms with van der Waals surface area (Å²) >= 11 is 0. The number of para-hydroxylation sites is 2. The molecule has 1 aliphatic heterocycles. The van der Waals surface area contributed by atoms with Crippen molar-refractivity contribution < 1.29 is 14.6 Å². The van der Waals surface area contributed by atoms with Crippen LogP contribution in [0.3, 0.4) is 0 Å². The van der Waals surface area contributed by atoms with Gasteiger partial charge in [-0.15, -0.1) is 0 Å². The predicted molar refractivity (Wildman–Crippen MR) is 91.7 cm³/mol. The number of nitrogens with zero attached hydrogens (tertiary/aromatic N) is 3. The van der Waals surface area contributed by atoms with Gasteiger partial charge in [-0.3, -0.25) is 15.0 Å². The van der Waals surface area contributed by atoms with Crippen molar-refractivity contribution in [3.63, 3.8) is 0 Å². The lowest BCUT2D eigenvalue weighted by atomic mass is 10.2. The Kier molecular flexibility index (Phi) is 4.79. The molecule has 0 bridgehead atoms. The van der Waals surface area contributed by atoms with Gasteiger partial charge in [0, 0.05) is 6.07 Å². The van der Waals surface area contributed by atoms with Crippen LogP contribution < -0.4 is 19.5 Å². The van der Waals surface area contributed by atoms with Gasteiger partial charge in [0.1, 0.15) is 18.8 Å². The van der Waals surface area contributed by atoms with Crippen molar-refractivity contribution >= 4 is 17.2 Å². The summed E-state index contributed by atoms with van der Waals surface area (Å²) in [6.07, 6.45) is 1.72. The molecule has 1 aromatic carbocycles. The van der Waals surface area contributed by atoms with Gasteiger partial charge in [-0.25, -0.2) is 4.98 Å². The number of pyridine rings is 1. The Hall–Kier alpha value is -2.83. The number of aromatic amines is 1. The van der Waals surface area contributed by atoms with Crippen LogP contribution in [-0.4, -0.2) is 37.7 Å². The van der Waals surface area contributed by atoms with E-state index in [1.807, 2.05) is 30.0 Å². The fraction of sp³-hybridized carbons (Fsp3) is 0.353. The summed E-state index contributed by atoms with van der Waals surface area (Å²) < 4.78 is 5.70. The number of hydrogen-bond acceptors (Lipinski definition) is 5. The first kappa shape index (κ1) is 16.0. The average Bonchev–Trinajstić information content (AvgIpc) is 2.63. The van der Waals surface area contributed by atoms with E-state index in [0.29, 0.717) is 25.5 Å². The molecule has 0 saturated carbocycles. The van der Waals surface area contributed by atoms with Crippen molar-refractivity contribution in [2.45, 2.75) is 6.92 Å². The van der Waals surface area contributed by atoms with E-state index in [9.17, 15) is 10.1 Å². The Labute approximate surface area is 140 Å². The van der Waals surface area contributed by atoms with Gasteiger partial charge in [-0.05, 0) is 25.1 Å². The van der Waals surface area contributed by atoms with Crippen LogP contribution in [-0.2, 0) is 0 Å². The van der Waals surface area contributed by atoms with Gasteiger partial charge in [0.05, 0.1) is 36.5 Å². The van der Waals surface area contributed by atoms with E-state index in [0.717, 1.165) is 24.5 Å². The Balaban J connectivity index is 1.74. The first-order valence-corrected chi connectivity index (χ1v) is 8.07. The molecule has 2 aromatic rings. The van der Waals surface area contributed by atoms with Crippen LogP contribution in [0.2, 0.25) is 0 Å². The molecule has 3 rings (SSSR count). The maximum atomic E-state index is 11.2. The van der Waals surface area contributed by atoms with Crippen molar-refractivity contribution in [3.8, 4) is 5.75 Å². The Morgan fingerprint density at radius 1 is 1.12 bits per heavy atom. The number of piperazine rings is 1. The van der Waals surface area contributed by atoms with Gasteiger partial charge in [-0.1, -0.05) is 12.1 Å². The zero-order valence-electron chi connectivity index (χ0n) is 13.6. The van der Waals surface area contributed by atoms with Gasteiger partial charge in [-0.2, -0.15) is 0 Å². The number of rotatable bonds is 5. The molecule has 126 valence electrons. The third kappa shape index (κ3) is 3.24. The van der Waals surface area contributed by atoms with Crippen LogP contribution in [0.4, 0.5) is 17.2 Å². The van der Waals surface area contributed by atoms with Crippen molar-refractivity contribution in [3.05, 3.63) is 52.7 Å². The molecule has 1 aromatic heterocycles. The first-order chi connectivity index (χ1) is 11.7. The molecule has 7 heteroatoms. The summed E-state index contributed by atoms with van der Waals surface area (Å²) in [5, 5.41) is 11.2. The number of aromatic nitrogens is 1. The summed E-state index contributed by atoms with van der Waals surface area (Å²) in [6, 6.07) is 11.2. The topological polar surface area (TPSA) is 73.0 Å². The molecule has 1 aliphatic rings. The molecule has 1 fully saturated rings. The molecule has 0 atom stereocenters. The minimum atomic E-state index is -0.345. The molecule has 24 heavy (non-hydrogen) atoms. The highest BCUT2D eigenvalue weighted by Gasteiger charge is 2.31. The monoisotopic (exact) mass is 329 g/mol. The molecule has 0 spiro atoms. The molecule has 0 amide bonds. The smallest absolute Gasteiger partial charge is 0.357 e. The first-order valence-electron chi connectivity index (χ1n) is 8.07. The van der Waals surface area contributed by atoms with Gasteiger partial charge >= 0.3 is 11.5 Å². The molecular formula is C17H21N4O3+. The molecule has 1 saturated heterocycles. The van der Waals surface area contributed by atoms with Gasteiger partial charge < -0.3 is 9.64 Å². The number of nitrogens with one attached hydrogen (secondary N) is 1. The van der Waals surface area contributed by atoms with Crippen molar-refractivity contribution in [1.82, 2.24) is 0 Å². The van der Waals surface area contributed by atoms with Crippen LogP contribution in [0.1, 0.15) is 6.92 Å². The number of anilines is 2. The van der Waals surface area contributed by atoms with E-state index in [-0.39, 0.29) is 10.6 Å². The predicted octanol–water partition coefficient (Wildman–Crippen LogP) is 2.13. The third-order valence-electron chi connectivity index (χ3n) is 4.11. The lowest BCUT2D eigenvalue weighted by molar-refractivity contribution is -0.411. The van der Waals surface area contributed by atoms with E-state index < -0.39 is 0 Å². The highest BCUT2D eigenvalue weighted by Crippen LogP contribution is 2.30. The minimum Gasteiger partial charge on any atom is -0.492 e. The molecular weight excluding hydrogens is 308 g/mol. The zero-order chi connectivity index (χ0) is 16.9. The summed E-state index contributed by atoms with van der Waals surface area (Å²) in [4.78, 5) is 18.2. The molecule has 0 unspecified atom stereocenters. The van der Waals surface area contributed by atoms with Crippen LogP contribution in [0, 0.1) is 10.1 Å². The Morgan fingerprint density at radius 2 is 1.83 bits per heavy atom. The lowest BCUT2D eigenvalue weighted by Gasteiger charge is -2.33. The third-order valence-corrected chi connectivity index (χ3v) is 4.11. The van der Waals surface area contributed by atoms with E-state index >= 15 is 0 Å². The SMILES string of the molecule is CCOc1ccccc1N1CCN(c2[nH+]cccc2[N+](=O)[O-])CC1. The summed E-state index contributed by atoms with van der Waals surface area (Å²) in [5.41, 5.74) is 1.19. The second-order valence-electron chi connectivity index (χ2n) is 5.54. The summed E-state index contributed by atoms with van der Waals surface area (Å²) in [7, 11) is 0. The Bertz CT molecular complexity index is 714. The molecule has 1 N–H and O–H groups in total. The number of hydrogen-bond donors (Lipinski definition) is 0. The number of ether oxygens (including phenoxy) is 1. The van der Waals surface area contributed by atoms with E-state index in [1.54, 1.807) is 12.3 Å². The van der Waals surface area contributed by atoms with Crippen LogP contribution in [0.25, 0.3) is 0 Å². The highest BCUT2D eigenvalue weighted by molar-refractivity contribution is 5.60. The van der Waals surface area contributed by atoms with Crippen LogP contribution >= 0.6 is 0 Å². The van der Waals surface area contributed by atoms with E-state index in [2.05, 4.69) is 16.0 Å².